The van der Waals surface area contributed by atoms with Gasteiger partial charge in [0.15, 0.2) is 7.14 Å². The van der Waals surface area contributed by atoms with Gasteiger partial charge in [0.1, 0.15) is 12.6 Å². The molecule has 4 aromatic rings. The fraction of sp³-hybridized carbons (Fsp3) is 0.219. The van der Waals surface area contributed by atoms with Gasteiger partial charge in [-0.25, -0.2) is 0 Å². The van der Waals surface area contributed by atoms with E-state index in [0.29, 0.717) is 6.42 Å². The average Bonchev–Trinajstić information content (AvgIpc) is 2.95. The van der Waals surface area contributed by atoms with Gasteiger partial charge >= 0.3 is 5.97 Å². The zero-order valence-corrected chi connectivity index (χ0v) is 22.3. The summed E-state index contributed by atoms with van der Waals surface area (Å²) in [6.45, 7) is 4.34. The number of benzene rings is 4. The first-order valence-corrected chi connectivity index (χ1v) is 14.5. The van der Waals surface area contributed by atoms with Crippen molar-refractivity contribution in [2.75, 3.05) is 0 Å². The Morgan fingerprint density at radius 3 is 1.68 bits per heavy atom. The lowest BCUT2D eigenvalue weighted by molar-refractivity contribution is -0.148. The highest BCUT2D eigenvalue weighted by Gasteiger charge is 2.40. The van der Waals surface area contributed by atoms with Crippen LogP contribution in [0.15, 0.2) is 121 Å². The molecule has 0 aromatic heterocycles. The van der Waals surface area contributed by atoms with Crippen molar-refractivity contribution in [1.82, 2.24) is 5.32 Å². The second-order valence-corrected chi connectivity index (χ2v) is 12.4. The van der Waals surface area contributed by atoms with Crippen molar-refractivity contribution in [2.24, 2.45) is 5.92 Å². The molecule has 0 radical (unpaired) electrons. The Morgan fingerprint density at radius 1 is 0.730 bits per heavy atom. The maximum atomic E-state index is 15.3. The summed E-state index contributed by atoms with van der Waals surface area (Å²) in [4.78, 5) is 13.4. The number of hydrogen-bond acceptors (Lipinski definition) is 4. The fourth-order valence-corrected chi connectivity index (χ4v) is 7.62. The maximum absolute atomic E-state index is 15.3. The molecule has 0 saturated carbocycles. The molecule has 37 heavy (non-hydrogen) atoms. The van der Waals surface area contributed by atoms with Crippen LogP contribution in [0.4, 0.5) is 0 Å². The highest BCUT2D eigenvalue weighted by Crippen LogP contribution is 2.56. The van der Waals surface area contributed by atoms with Gasteiger partial charge in [-0.15, -0.1) is 0 Å². The van der Waals surface area contributed by atoms with Crippen molar-refractivity contribution in [3.8, 4) is 0 Å². The number of nitrogens with one attached hydrogen (secondary N) is 1. The standard InChI is InChI=1S/C32H34NO3P/c1-25(2)23-30(32(34)36-24-26-15-7-3-8-16-26)33-31(27-17-9-4-10-18-27)37(35,28-19-11-5-12-20-28)29-21-13-6-14-22-29/h3-22,25,30-31,33H,23-24H2,1-2H3/t30-,31?/m1/s1. The Balaban J connectivity index is 1.75. The van der Waals surface area contributed by atoms with Crippen molar-refractivity contribution in [2.45, 2.75) is 38.7 Å². The molecule has 0 amide bonds. The molecular weight excluding hydrogens is 477 g/mol. The molecule has 4 aromatic carbocycles. The molecule has 0 aliphatic heterocycles. The van der Waals surface area contributed by atoms with E-state index in [1.54, 1.807) is 0 Å². The number of esters is 1. The molecule has 0 aliphatic rings. The van der Waals surface area contributed by atoms with E-state index in [9.17, 15) is 4.79 Å². The summed E-state index contributed by atoms with van der Waals surface area (Å²) in [5.74, 6) is -0.733. The summed E-state index contributed by atoms with van der Waals surface area (Å²) < 4.78 is 21.1. The van der Waals surface area contributed by atoms with Crippen LogP contribution in [0.3, 0.4) is 0 Å². The molecule has 0 bridgehead atoms. The first kappa shape index (κ1) is 26.6. The Labute approximate surface area is 220 Å². The van der Waals surface area contributed by atoms with Crippen LogP contribution in [0, 0.1) is 5.92 Å². The molecule has 0 saturated heterocycles. The van der Waals surface area contributed by atoms with Crippen molar-refractivity contribution in [3.05, 3.63) is 132 Å². The number of hydrogen-bond donors (Lipinski definition) is 1. The molecule has 0 heterocycles. The first-order chi connectivity index (χ1) is 18.0. The zero-order valence-electron chi connectivity index (χ0n) is 21.4. The summed E-state index contributed by atoms with van der Waals surface area (Å²) in [5.41, 5.74) is 1.79. The van der Waals surface area contributed by atoms with E-state index in [0.717, 1.165) is 21.7 Å². The number of carbonyl (C=O) groups excluding carboxylic acids is 1. The highest BCUT2D eigenvalue weighted by atomic mass is 31.2. The molecule has 2 atom stereocenters. The van der Waals surface area contributed by atoms with E-state index in [1.807, 2.05) is 121 Å². The van der Waals surface area contributed by atoms with Gasteiger partial charge in [0.2, 0.25) is 0 Å². The van der Waals surface area contributed by atoms with Crippen LogP contribution >= 0.6 is 7.14 Å². The average molecular weight is 512 g/mol. The van der Waals surface area contributed by atoms with Crippen LogP contribution in [0.5, 0.6) is 0 Å². The van der Waals surface area contributed by atoms with Gasteiger partial charge in [0.25, 0.3) is 0 Å². The molecule has 0 fully saturated rings. The fourth-order valence-electron chi connectivity index (χ4n) is 4.52. The quantitative estimate of drug-likeness (QED) is 0.186. The molecule has 1 unspecified atom stereocenters. The zero-order chi connectivity index (χ0) is 26.1. The monoisotopic (exact) mass is 511 g/mol. The van der Waals surface area contributed by atoms with Crippen LogP contribution in [0.25, 0.3) is 0 Å². The van der Waals surface area contributed by atoms with Gasteiger partial charge in [0, 0.05) is 10.6 Å². The molecule has 190 valence electrons. The Morgan fingerprint density at radius 2 is 1.19 bits per heavy atom. The highest BCUT2D eigenvalue weighted by molar-refractivity contribution is 7.79. The van der Waals surface area contributed by atoms with Crippen LogP contribution in [-0.2, 0) is 20.7 Å². The number of carbonyl (C=O) groups is 1. The minimum absolute atomic E-state index is 0.195. The Kier molecular flexibility index (Phi) is 9.11. The molecule has 1 N–H and O–H groups in total. The second-order valence-electron chi connectivity index (χ2n) is 9.58. The van der Waals surface area contributed by atoms with Crippen LogP contribution in [0.1, 0.15) is 37.2 Å². The third-order valence-corrected chi connectivity index (χ3v) is 9.64. The maximum Gasteiger partial charge on any atom is 0.323 e. The van der Waals surface area contributed by atoms with Crippen LogP contribution in [-0.4, -0.2) is 12.0 Å². The molecule has 5 heteroatoms. The van der Waals surface area contributed by atoms with Crippen molar-refractivity contribution in [1.29, 1.82) is 0 Å². The van der Waals surface area contributed by atoms with Gasteiger partial charge in [-0.05, 0) is 23.5 Å². The van der Waals surface area contributed by atoms with Crippen molar-refractivity contribution >= 4 is 23.7 Å². The van der Waals surface area contributed by atoms with E-state index in [2.05, 4.69) is 19.2 Å². The van der Waals surface area contributed by atoms with Gasteiger partial charge in [0.05, 0.1) is 5.78 Å². The van der Waals surface area contributed by atoms with Gasteiger partial charge < -0.3 is 9.30 Å². The lowest BCUT2D eigenvalue weighted by Gasteiger charge is -2.33. The van der Waals surface area contributed by atoms with E-state index < -0.39 is 19.0 Å². The van der Waals surface area contributed by atoms with E-state index in [4.69, 9.17) is 4.74 Å². The van der Waals surface area contributed by atoms with Crippen molar-refractivity contribution < 1.29 is 14.1 Å². The predicted octanol–water partition coefficient (Wildman–Crippen LogP) is 6.45. The van der Waals surface area contributed by atoms with E-state index in [-0.39, 0.29) is 18.5 Å². The van der Waals surface area contributed by atoms with Gasteiger partial charge in [-0.2, -0.15) is 0 Å². The minimum atomic E-state index is -3.29. The Hall–Kier alpha value is -3.46. The summed E-state index contributed by atoms with van der Waals surface area (Å²) in [5, 5.41) is 5.02. The summed E-state index contributed by atoms with van der Waals surface area (Å²) in [6, 6.07) is 37.9. The third kappa shape index (κ3) is 6.65. The van der Waals surface area contributed by atoms with Gasteiger partial charge in [-0.1, -0.05) is 135 Å². The smallest absolute Gasteiger partial charge is 0.323 e. The lowest BCUT2D eigenvalue weighted by Crippen LogP contribution is -2.43. The minimum Gasteiger partial charge on any atom is -0.460 e. The lowest BCUT2D eigenvalue weighted by atomic mass is 10.0. The molecule has 0 spiro atoms. The van der Waals surface area contributed by atoms with E-state index >= 15 is 4.57 Å². The topological polar surface area (TPSA) is 55.4 Å². The molecule has 4 rings (SSSR count). The third-order valence-electron chi connectivity index (χ3n) is 6.33. The van der Waals surface area contributed by atoms with Crippen molar-refractivity contribution in [3.63, 3.8) is 0 Å². The predicted molar refractivity (Wildman–Crippen MR) is 152 cm³/mol. The molecule has 0 aliphatic carbocycles. The van der Waals surface area contributed by atoms with Crippen LogP contribution < -0.4 is 15.9 Å². The number of rotatable bonds is 11. The first-order valence-electron chi connectivity index (χ1n) is 12.7. The Bertz CT molecular complexity index is 1250. The second kappa shape index (κ2) is 12.7. The molecule has 4 nitrogen and oxygen atoms in total. The number of ether oxygens (including phenoxy) is 1. The summed E-state index contributed by atoms with van der Waals surface area (Å²) in [7, 11) is -3.29. The SMILES string of the molecule is CC(C)C[C@@H](NC(c1ccccc1)P(=O)(c1ccccc1)c1ccccc1)C(=O)OCc1ccccc1. The normalized spacial score (nSPS) is 13.2. The summed E-state index contributed by atoms with van der Waals surface area (Å²) >= 11 is 0. The van der Waals surface area contributed by atoms with E-state index in [1.165, 1.54) is 0 Å². The van der Waals surface area contributed by atoms with Crippen LogP contribution in [0.2, 0.25) is 0 Å². The summed E-state index contributed by atoms with van der Waals surface area (Å²) in [6.07, 6.45) is 0.556. The molecular formula is C32H34NO3P. The largest absolute Gasteiger partial charge is 0.460 e. The van der Waals surface area contributed by atoms with Gasteiger partial charge in [-0.3, -0.25) is 10.1 Å².